The number of hydrogen-bond acceptors (Lipinski definition) is 4. The third-order valence-electron chi connectivity index (χ3n) is 3.92. The number of fused-ring (bicyclic) bond motifs is 1. The number of hydrogen-bond donors (Lipinski definition) is 1. The molecule has 0 atom stereocenters. The van der Waals surface area contributed by atoms with Crippen molar-refractivity contribution in [2.24, 2.45) is 5.10 Å². The van der Waals surface area contributed by atoms with Crippen molar-refractivity contribution in [3.05, 3.63) is 69.2 Å². The normalized spacial score (nSPS) is 11.0. The van der Waals surface area contributed by atoms with Gasteiger partial charge in [0.1, 0.15) is 5.75 Å². The molecule has 3 rings (SSSR count). The smallest absolute Gasteiger partial charge is 0.275 e. The van der Waals surface area contributed by atoms with Crippen molar-refractivity contribution in [1.29, 1.82) is 0 Å². The van der Waals surface area contributed by atoms with Crippen LogP contribution in [0.25, 0.3) is 10.8 Å². The van der Waals surface area contributed by atoms with Gasteiger partial charge in [-0.25, -0.2) is 5.43 Å². The predicted molar refractivity (Wildman–Crippen MR) is 111 cm³/mol. The molecule has 3 aromatic rings. The van der Waals surface area contributed by atoms with Gasteiger partial charge in [0.05, 0.1) is 35.5 Å². The van der Waals surface area contributed by atoms with Gasteiger partial charge in [-0.15, -0.1) is 0 Å². The Morgan fingerprint density at radius 3 is 2.44 bits per heavy atom. The topological polar surface area (TPSA) is 59.9 Å². The summed E-state index contributed by atoms with van der Waals surface area (Å²) in [4.78, 5) is 12.5. The largest absolute Gasteiger partial charge is 0.496 e. The van der Waals surface area contributed by atoms with Crippen molar-refractivity contribution in [1.82, 2.24) is 5.43 Å². The molecule has 0 radical (unpaired) electrons. The highest BCUT2D eigenvalue weighted by Crippen LogP contribution is 2.33. The van der Waals surface area contributed by atoms with Crippen LogP contribution in [0, 0.1) is 0 Å². The number of rotatable bonds is 5. The molecule has 0 aromatic heterocycles. The Morgan fingerprint density at radius 1 is 1.11 bits per heavy atom. The third-order valence-corrected chi connectivity index (χ3v) is 4.79. The molecule has 0 aliphatic heterocycles. The van der Waals surface area contributed by atoms with Crippen LogP contribution in [0.15, 0.2) is 58.1 Å². The molecule has 0 heterocycles. The third kappa shape index (κ3) is 4.23. The number of methoxy groups -OCH3 is 2. The minimum absolute atomic E-state index is 0.368. The standard InChI is InChI=1S/C20H16BrClN2O3/c1-26-18-10-14-6-4-3-5-13(14)9-15(18)20(25)24-23-11-12-7-16(21)19(27-2)17(22)8-12/h3-11H,1-2H3,(H,24,25)/b23-11-. The highest BCUT2D eigenvalue weighted by Gasteiger charge is 2.13. The summed E-state index contributed by atoms with van der Waals surface area (Å²) >= 11 is 9.53. The average molecular weight is 448 g/mol. The Labute approximate surface area is 170 Å². The molecular formula is C20H16BrClN2O3. The first-order valence-electron chi connectivity index (χ1n) is 7.96. The number of nitrogens with one attached hydrogen (secondary N) is 1. The summed E-state index contributed by atoms with van der Waals surface area (Å²) in [6.45, 7) is 0. The fourth-order valence-corrected chi connectivity index (χ4v) is 3.70. The monoisotopic (exact) mass is 446 g/mol. The van der Waals surface area contributed by atoms with Gasteiger partial charge in [0, 0.05) is 0 Å². The maximum absolute atomic E-state index is 12.5. The molecule has 0 saturated heterocycles. The van der Waals surface area contributed by atoms with E-state index in [-0.39, 0.29) is 5.91 Å². The number of hydrazone groups is 1. The van der Waals surface area contributed by atoms with Crippen molar-refractivity contribution in [3.63, 3.8) is 0 Å². The van der Waals surface area contributed by atoms with E-state index in [9.17, 15) is 4.79 Å². The molecule has 1 amide bonds. The number of halogens is 2. The van der Waals surface area contributed by atoms with Crippen LogP contribution < -0.4 is 14.9 Å². The maximum atomic E-state index is 12.5. The van der Waals surface area contributed by atoms with Crippen molar-refractivity contribution < 1.29 is 14.3 Å². The van der Waals surface area contributed by atoms with Crippen molar-refractivity contribution >= 4 is 50.4 Å². The number of amides is 1. The number of ether oxygens (including phenoxy) is 2. The van der Waals surface area contributed by atoms with Crippen LogP contribution in [0.3, 0.4) is 0 Å². The molecule has 0 fully saturated rings. The summed E-state index contributed by atoms with van der Waals surface area (Å²) in [5, 5.41) is 6.39. The molecule has 7 heteroatoms. The summed E-state index contributed by atoms with van der Waals surface area (Å²) in [5.74, 6) is 0.655. The Morgan fingerprint density at radius 2 is 1.81 bits per heavy atom. The van der Waals surface area contributed by atoms with Gasteiger partial charge in [-0.1, -0.05) is 35.9 Å². The highest BCUT2D eigenvalue weighted by molar-refractivity contribution is 9.10. The molecule has 0 spiro atoms. The van der Waals surface area contributed by atoms with Gasteiger partial charge in [-0.3, -0.25) is 4.79 Å². The van der Waals surface area contributed by atoms with Gasteiger partial charge >= 0.3 is 0 Å². The van der Waals surface area contributed by atoms with Gasteiger partial charge in [-0.2, -0.15) is 5.10 Å². The van der Waals surface area contributed by atoms with Gasteiger partial charge in [0.2, 0.25) is 0 Å². The summed E-state index contributed by atoms with van der Waals surface area (Å²) < 4.78 is 11.2. The predicted octanol–water partition coefficient (Wildman–Crippen LogP) is 5.04. The zero-order valence-corrected chi connectivity index (χ0v) is 17.0. The number of carbonyl (C=O) groups excluding carboxylic acids is 1. The number of carbonyl (C=O) groups is 1. The molecule has 138 valence electrons. The molecule has 3 aromatic carbocycles. The van der Waals surface area contributed by atoms with Gasteiger partial charge in [-0.05, 0) is 56.5 Å². The number of benzene rings is 3. The van der Waals surface area contributed by atoms with Gasteiger partial charge in [0.25, 0.3) is 5.91 Å². The lowest BCUT2D eigenvalue weighted by Gasteiger charge is -2.09. The van der Waals surface area contributed by atoms with Crippen LogP contribution in [0.2, 0.25) is 5.02 Å². The zero-order valence-electron chi connectivity index (χ0n) is 14.6. The Bertz CT molecular complexity index is 1010. The van der Waals surface area contributed by atoms with Crippen LogP contribution in [0.1, 0.15) is 15.9 Å². The van der Waals surface area contributed by atoms with Crippen LogP contribution in [0.4, 0.5) is 0 Å². The first-order valence-corrected chi connectivity index (χ1v) is 9.14. The summed E-state index contributed by atoms with van der Waals surface area (Å²) in [6.07, 6.45) is 1.50. The molecule has 27 heavy (non-hydrogen) atoms. The van der Waals surface area contributed by atoms with E-state index in [1.807, 2.05) is 30.3 Å². The zero-order chi connectivity index (χ0) is 19.4. The van der Waals surface area contributed by atoms with Gasteiger partial charge < -0.3 is 9.47 Å². The van der Waals surface area contributed by atoms with E-state index in [1.165, 1.54) is 20.4 Å². The van der Waals surface area contributed by atoms with Crippen LogP contribution >= 0.6 is 27.5 Å². The molecular weight excluding hydrogens is 432 g/mol. The Kier molecular flexibility index (Phi) is 5.98. The number of nitrogens with zero attached hydrogens (tertiary/aromatic N) is 1. The fourth-order valence-electron chi connectivity index (χ4n) is 2.64. The maximum Gasteiger partial charge on any atom is 0.275 e. The molecule has 0 unspecified atom stereocenters. The first-order chi connectivity index (χ1) is 13.0. The average Bonchev–Trinajstić information content (AvgIpc) is 2.66. The van der Waals surface area contributed by atoms with Crippen molar-refractivity contribution in [2.45, 2.75) is 0 Å². The Balaban J connectivity index is 1.82. The molecule has 0 aliphatic carbocycles. The van der Waals surface area contributed by atoms with Gasteiger partial charge in [0.15, 0.2) is 5.75 Å². The van der Waals surface area contributed by atoms with Crippen molar-refractivity contribution in [2.75, 3.05) is 14.2 Å². The fraction of sp³-hybridized carbons (Fsp3) is 0.100. The lowest BCUT2D eigenvalue weighted by Crippen LogP contribution is -2.18. The molecule has 0 bridgehead atoms. The lowest BCUT2D eigenvalue weighted by atomic mass is 10.1. The minimum atomic E-state index is -0.368. The van der Waals surface area contributed by atoms with Crippen molar-refractivity contribution in [3.8, 4) is 11.5 Å². The second-order valence-electron chi connectivity index (χ2n) is 5.62. The second-order valence-corrected chi connectivity index (χ2v) is 6.88. The lowest BCUT2D eigenvalue weighted by molar-refractivity contribution is 0.0952. The molecule has 5 nitrogen and oxygen atoms in total. The minimum Gasteiger partial charge on any atom is -0.496 e. The first kappa shape index (κ1) is 19.2. The quantitative estimate of drug-likeness (QED) is 0.440. The summed E-state index contributed by atoms with van der Waals surface area (Å²) in [6, 6.07) is 14.8. The van der Waals surface area contributed by atoms with Crippen LogP contribution in [-0.2, 0) is 0 Å². The van der Waals surface area contributed by atoms with E-state index in [1.54, 1.807) is 18.2 Å². The van der Waals surface area contributed by atoms with E-state index >= 15 is 0 Å². The van der Waals surface area contributed by atoms with E-state index in [2.05, 4.69) is 26.5 Å². The van der Waals surface area contributed by atoms with E-state index in [0.717, 1.165) is 10.8 Å². The molecule has 1 N–H and O–H groups in total. The van der Waals surface area contributed by atoms with E-state index in [4.69, 9.17) is 21.1 Å². The van der Waals surface area contributed by atoms with Crippen LogP contribution in [0.5, 0.6) is 11.5 Å². The SMILES string of the molecule is COc1cc2ccccc2cc1C(=O)N/N=C\c1cc(Cl)c(OC)c(Br)c1. The molecule has 0 saturated carbocycles. The van der Waals surface area contributed by atoms with E-state index < -0.39 is 0 Å². The second kappa shape index (κ2) is 8.41. The summed E-state index contributed by atoms with van der Waals surface area (Å²) in [7, 11) is 3.07. The molecule has 0 aliphatic rings. The summed E-state index contributed by atoms with van der Waals surface area (Å²) in [5.41, 5.74) is 3.63. The van der Waals surface area contributed by atoms with E-state index in [0.29, 0.717) is 32.1 Å². The van der Waals surface area contributed by atoms with Crippen LogP contribution in [-0.4, -0.2) is 26.3 Å². The Hall–Kier alpha value is -2.57. The highest BCUT2D eigenvalue weighted by atomic mass is 79.9.